The van der Waals surface area contributed by atoms with Crippen LogP contribution in [0.1, 0.15) is 59.5 Å². The van der Waals surface area contributed by atoms with Crippen molar-refractivity contribution in [1.29, 1.82) is 0 Å². The molecule has 2 N–H and O–H groups in total. The second-order valence-electron chi connectivity index (χ2n) is 6.57. The number of carbonyl (C=O) groups is 2. The Balaban J connectivity index is 2.60. The van der Waals surface area contributed by atoms with Gasteiger partial charge in [-0.2, -0.15) is 0 Å². The van der Waals surface area contributed by atoms with Gasteiger partial charge in [-0.15, -0.1) is 0 Å². The molecular weight excluding hydrogens is 328 g/mol. The molecule has 0 heterocycles. The first-order valence-electron chi connectivity index (χ1n) is 8.34. The molecule has 132 valence electrons. The van der Waals surface area contributed by atoms with Gasteiger partial charge in [-0.1, -0.05) is 30.3 Å². The van der Waals surface area contributed by atoms with E-state index in [2.05, 4.69) is 6.92 Å². The third-order valence-corrected chi connectivity index (χ3v) is 5.34. The van der Waals surface area contributed by atoms with Crippen LogP contribution in [-0.4, -0.2) is 22.2 Å². The zero-order valence-corrected chi connectivity index (χ0v) is 15.2. The van der Waals surface area contributed by atoms with E-state index in [-0.39, 0.29) is 11.1 Å². The molecule has 0 saturated carbocycles. The van der Waals surface area contributed by atoms with Crippen LogP contribution in [0.5, 0.6) is 0 Å². The fraction of sp³-hybridized carbons (Fsp3) is 0.182. The van der Waals surface area contributed by atoms with Crippen LogP contribution in [0.4, 0.5) is 0 Å². The molecule has 1 aliphatic carbocycles. The van der Waals surface area contributed by atoms with Crippen molar-refractivity contribution in [2.75, 3.05) is 0 Å². The highest BCUT2D eigenvalue weighted by Crippen LogP contribution is 2.43. The van der Waals surface area contributed by atoms with E-state index in [1.807, 2.05) is 45.0 Å². The van der Waals surface area contributed by atoms with Crippen LogP contribution >= 0.6 is 0 Å². The Morgan fingerprint density at radius 2 is 1.19 bits per heavy atom. The van der Waals surface area contributed by atoms with Crippen LogP contribution in [0.2, 0.25) is 0 Å². The average molecular weight is 348 g/mol. The van der Waals surface area contributed by atoms with Gasteiger partial charge in [-0.25, -0.2) is 9.59 Å². The lowest BCUT2D eigenvalue weighted by Crippen LogP contribution is -2.13. The topological polar surface area (TPSA) is 74.6 Å². The van der Waals surface area contributed by atoms with E-state index < -0.39 is 11.9 Å². The Kier molecular flexibility index (Phi) is 4.28. The van der Waals surface area contributed by atoms with Gasteiger partial charge in [0.25, 0.3) is 0 Å². The molecule has 0 amide bonds. The standard InChI is InChI=1S/C22H20O4/c1-11-12(2)14(4)16-9-10-18(21(23)24)20(22(25)26)19(16)17-8-6-5-7-15(17)13(11)3/h5-10H,1-4H3,(H,23,24)(H,25,26)/b12-11?,13-11-,14-12-,15-13?,16-14?,19-17?. The van der Waals surface area contributed by atoms with E-state index in [1.165, 1.54) is 6.07 Å². The molecule has 0 radical (unpaired) electrons. The first-order valence-corrected chi connectivity index (χ1v) is 8.34. The minimum atomic E-state index is -1.24. The molecule has 0 aromatic heterocycles. The van der Waals surface area contributed by atoms with Gasteiger partial charge in [-0.3, -0.25) is 0 Å². The van der Waals surface area contributed by atoms with E-state index in [0.29, 0.717) is 5.56 Å². The smallest absolute Gasteiger partial charge is 0.337 e. The van der Waals surface area contributed by atoms with Gasteiger partial charge in [0.05, 0.1) is 11.1 Å². The Morgan fingerprint density at radius 1 is 0.654 bits per heavy atom. The van der Waals surface area contributed by atoms with Gasteiger partial charge in [0.1, 0.15) is 0 Å². The number of hydrogen-bond donors (Lipinski definition) is 2. The minimum absolute atomic E-state index is 0.165. The van der Waals surface area contributed by atoms with Gasteiger partial charge >= 0.3 is 11.9 Å². The summed E-state index contributed by atoms with van der Waals surface area (Å²) in [5.74, 6) is -2.48. The highest BCUT2D eigenvalue weighted by atomic mass is 16.4. The summed E-state index contributed by atoms with van der Waals surface area (Å²) in [7, 11) is 0. The number of aromatic carboxylic acids is 2. The van der Waals surface area contributed by atoms with Crippen LogP contribution in [0.15, 0.2) is 47.5 Å². The molecule has 4 heteroatoms. The maximum absolute atomic E-state index is 12.0. The van der Waals surface area contributed by atoms with Crippen molar-refractivity contribution >= 4 is 23.1 Å². The van der Waals surface area contributed by atoms with Crippen LogP contribution in [0.25, 0.3) is 22.3 Å². The van der Waals surface area contributed by atoms with Crippen LogP contribution in [0, 0.1) is 0 Å². The maximum atomic E-state index is 12.0. The largest absolute Gasteiger partial charge is 0.478 e. The van der Waals surface area contributed by atoms with Crippen LogP contribution in [-0.2, 0) is 0 Å². The van der Waals surface area contributed by atoms with Crippen molar-refractivity contribution in [2.45, 2.75) is 27.7 Å². The maximum Gasteiger partial charge on any atom is 0.337 e. The minimum Gasteiger partial charge on any atom is -0.478 e. The third-order valence-electron chi connectivity index (χ3n) is 5.34. The average Bonchev–Trinajstić information content (AvgIpc) is 2.63. The predicted molar refractivity (Wildman–Crippen MR) is 102 cm³/mol. The van der Waals surface area contributed by atoms with Crippen molar-refractivity contribution in [3.63, 3.8) is 0 Å². The summed E-state index contributed by atoms with van der Waals surface area (Å²) in [5, 5.41) is 19.4. The van der Waals surface area contributed by atoms with E-state index in [4.69, 9.17) is 0 Å². The Hall–Kier alpha value is -3.14. The summed E-state index contributed by atoms with van der Waals surface area (Å²) in [6.07, 6.45) is 0. The molecule has 26 heavy (non-hydrogen) atoms. The number of rotatable bonds is 2. The molecule has 0 bridgehead atoms. The highest BCUT2D eigenvalue weighted by molar-refractivity contribution is 6.10. The lowest BCUT2D eigenvalue weighted by molar-refractivity contribution is 0.0652. The summed E-state index contributed by atoms with van der Waals surface area (Å²) in [5.41, 5.74) is 6.73. The monoisotopic (exact) mass is 348 g/mol. The molecule has 0 atom stereocenters. The normalized spacial score (nSPS) is 19.2. The van der Waals surface area contributed by atoms with Gasteiger partial charge in [0.15, 0.2) is 0 Å². The molecule has 0 unspecified atom stereocenters. The second kappa shape index (κ2) is 6.30. The first-order chi connectivity index (χ1) is 12.3. The van der Waals surface area contributed by atoms with Crippen molar-refractivity contribution in [1.82, 2.24) is 0 Å². The third kappa shape index (κ3) is 2.54. The molecule has 2 aromatic rings. The van der Waals surface area contributed by atoms with E-state index >= 15 is 0 Å². The molecule has 2 aromatic carbocycles. The summed E-state index contributed by atoms with van der Waals surface area (Å²) < 4.78 is 0. The number of carboxylic acid groups (broad SMARTS) is 2. The Bertz CT molecular complexity index is 1020. The molecule has 0 aliphatic heterocycles. The highest BCUT2D eigenvalue weighted by Gasteiger charge is 2.27. The summed E-state index contributed by atoms with van der Waals surface area (Å²) in [6.45, 7) is 8.03. The van der Waals surface area contributed by atoms with Crippen LogP contribution < -0.4 is 0 Å². The Labute approximate surface area is 152 Å². The van der Waals surface area contributed by atoms with E-state index in [9.17, 15) is 19.8 Å². The van der Waals surface area contributed by atoms with Gasteiger partial charge < -0.3 is 10.2 Å². The molecule has 1 aliphatic rings. The second-order valence-corrected chi connectivity index (χ2v) is 6.57. The van der Waals surface area contributed by atoms with Gasteiger partial charge in [0, 0.05) is 5.56 Å². The molecule has 3 rings (SSSR count). The number of benzene rings is 2. The number of carboxylic acids is 2. The SMILES string of the molecule is CC1=C(\C)c2ccccc2-c2c(ccc(C(=O)O)c2C(=O)O)/C(C)=C\1C. The van der Waals surface area contributed by atoms with Gasteiger partial charge in [-0.05, 0) is 72.7 Å². The zero-order chi connectivity index (χ0) is 19.2. The van der Waals surface area contributed by atoms with Crippen molar-refractivity contribution in [2.24, 2.45) is 0 Å². The fourth-order valence-corrected chi connectivity index (χ4v) is 3.59. The molecule has 0 fully saturated rings. The summed E-state index contributed by atoms with van der Waals surface area (Å²) >= 11 is 0. The zero-order valence-electron chi connectivity index (χ0n) is 15.2. The summed E-state index contributed by atoms with van der Waals surface area (Å²) in [4.78, 5) is 23.7. The van der Waals surface area contributed by atoms with E-state index in [1.54, 1.807) is 6.07 Å². The Morgan fingerprint density at radius 3 is 1.73 bits per heavy atom. The van der Waals surface area contributed by atoms with E-state index in [0.717, 1.165) is 39.0 Å². The lowest BCUT2D eigenvalue weighted by atomic mass is 9.79. The van der Waals surface area contributed by atoms with Crippen molar-refractivity contribution in [3.05, 3.63) is 69.8 Å². The van der Waals surface area contributed by atoms with Crippen molar-refractivity contribution < 1.29 is 19.8 Å². The summed E-state index contributed by atoms with van der Waals surface area (Å²) in [6, 6.07) is 10.7. The quantitative estimate of drug-likeness (QED) is 0.767. The molecule has 4 nitrogen and oxygen atoms in total. The van der Waals surface area contributed by atoms with Crippen molar-refractivity contribution in [3.8, 4) is 11.1 Å². The van der Waals surface area contributed by atoms with Crippen LogP contribution in [0.3, 0.4) is 0 Å². The predicted octanol–water partition coefficient (Wildman–Crippen LogP) is 5.35. The number of allylic oxidation sites excluding steroid dienone is 4. The fourth-order valence-electron chi connectivity index (χ4n) is 3.59. The molecular formula is C22H20O4. The number of fused-ring (bicyclic) bond motifs is 3. The number of hydrogen-bond acceptors (Lipinski definition) is 2. The molecule has 0 saturated heterocycles. The van der Waals surface area contributed by atoms with Gasteiger partial charge in [0.2, 0.25) is 0 Å². The lowest BCUT2D eigenvalue weighted by Gasteiger charge is -2.24. The molecule has 0 spiro atoms. The first kappa shape index (κ1) is 17.7.